The maximum atomic E-state index is 12.7. The highest BCUT2D eigenvalue weighted by molar-refractivity contribution is 5.98. The van der Waals surface area contributed by atoms with Crippen molar-refractivity contribution in [1.82, 2.24) is 0 Å². The molecule has 5 nitrogen and oxygen atoms in total. The van der Waals surface area contributed by atoms with Gasteiger partial charge in [-0.05, 0) is 52.0 Å². The second-order valence-corrected chi connectivity index (χ2v) is 7.50. The van der Waals surface area contributed by atoms with Crippen LogP contribution < -0.4 is 14.9 Å². The molecule has 1 aromatic carbocycles. The van der Waals surface area contributed by atoms with Gasteiger partial charge in [0.15, 0.2) is 11.0 Å². The van der Waals surface area contributed by atoms with E-state index in [0.29, 0.717) is 28.0 Å². The van der Waals surface area contributed by atoms with Gasteiger partial charge in [-0.25, -0.2) is 0 Å². The molecule has 2 aromatic rings. The topological polar surface area (TPSA) is 68.9 Å². The summed E-state index contributed by atoms with van der Waals surface area (Å²) in [5.41, 5.74) is 0.536. The molecular formula is C20H20O5. The number of aliphatic hydroxyl groups excluding tert-OH is 1. The Balaban J connectivity index is 2.17. The van der Waals surface area contributed by atoms with Crippen molar-refractivity contribution in [3.63, 3.8) is 0 Å². The van der Waals surface area contributed by atoms with Crippen LogP contribution in [0.3, 0.4) is 0 Å². The fourth-order valence-corrected chi connectivity index (χ4v) is 3.19. The van der Waals surface area contributed by atoms with Crippen molar-refractivity contribution < 1.29 is 19.0 Å². The number of ether oxygens (including phenoxy) is 2. The molecule has 130 valence electrons. The number of benzene rings is 1. The number of aliphatic hydroxyl groups is 1. The second kappa shape index (κ2) is 4.99. The average molecular weight is 340 g/mol. The first-order valence-corrected chi connectivity index (χ1v) is 8.25. The van der Waals surface area contributed by atoms with Gasteiger partial charge >= 0.3 is 0 Å². The lowest BCUT2D eigenvalue weighted by atomic mass is 9.93. The molecule has 0 spiro atoms. The van der Waals surface area contributed by atoms with E-state index in [0.717, 1.165) is 5.56 Å². The van der Waals surface area contributed by atoms with E-state index >= 15 is 0 Å². The highest BCUT2D eigenvalue weighted by atomic mass is 16.5. The number of hydrogen-bond acceptors (Lipinski definition) is 5. The molecule has 5 heteroatoms. The lowest BCUT2D eigenvalue weighted by molar-refractivity contribution is 0.147. The van der Waals surface area contributed by atoms with Crippen molar-refractivity contribution in [3.05, 3.63) is 45.3 Å². The third kappa shape index (κ3) is 2.46. The van der Waals surface area contributed by atoms with Crippen LogP contribution in [0.15, 0.2) is 27.4 Å². The Morgan fingerprint density at radius 2 is 1.56 bits per heavy atom. The Bertz CT molecular complexity index is 1010. The summed E-state index contributed by atoms with van der Waals surface area (Å²) in [5, 5.41) is 9.78. The van der Waals surface area contributed by atoms with E-state index in [-0.39, 0.29) is 17.8 Å². The second-order valence-electron chi connectivity index (χ2n) is 7.50. The molecule has 2 aliphatic heterocycles. The van der Waals surface area contributed by atoms with E-state index in [1.165, 1.54) is 6.07 Å². The molecule has 4 rings (SSSR count). The van der Waals surface area contributed by atoms with Gasteiger partial charge in [0, 0.05) is 6.07 Å². The van der Waals surface area contributed by atoms with Gasteiger partial charge in [-0.1, -0.05) is 0 Å². The summed E-state index contributed by atoms with van der Waals surface area (Å²) in [6, 6.07) is 1.31. The third-order valence-electron chi connectivity index (χ3n) is 4.39. The van der Waals surface area contributed by atoms with E-state index in [4.69, 9.17) is 13.9 Å². The normalized spacial score (nSPS) is 19.1. The Kier molecular flexibility index (Phi) is 3.19. The number of fused-ring (bicyclic) bond motifs is 6. The minimum absolute atomic E-state index is 0.212. The number of hydrogen-bond donors (Lipinski definition) is 1. The van der Waals surface area contributed by atoms with Crippen molar-refractivity contribution >= 4 is 23.1 Å². The van der Waals surface area contributed by atoms with E-state index in [9.17, 15) is 9.90 Å². The summed E-state index contributed by atoms with van der Waals surface area (Å²) in [6.07, 6.45) is 7.70. The minimum Gasteiger partial charge on any atom is -0.482 e. The molecular weight excluding hydrogens is 320 g/mol. The third-order valence-corrected chi connectivity index (χ3v) is 4.39. The molecule has 3 heterocycles. The smallest absolute Gasteiger partial charge is 0.196 e. The van der Waals surface area contributed by atoms with Crippen LogP contribution in [0.1, 0.15) is 44.6 Å². The van der Waals surface area contributed by atoms with Gasteiger partial charge in [0.2, 0.25) is 0 Å². The van der Waals surface area contributed by atoms with Gasteiger partial charge in [0.1, 0.15) is 40.5 Å². The largest absolute Gasteiger partial charge is 0.482 e. The van der Waals surface area contributed by atoms with Gasteiger partial charge in [-0.2, -0.15) is 0 Å². The van der Waals surface area contributed by atoms with Crippen LogP contribution in [-0.4, -0.2) is 16.3 Å². The molecule has 0 radical (unpaired) electrons. The highest BCUT2D eigenvalue weighted by Crippen LogP contribution is 2.47. The minimum atomic E-state index is -0.545. The van der Waals surface area contributed by atoms with Crippen LogP contribution in [-0.2, 0) is 6.61 Å². The van der Waals surface area contributed by atoms with E-state index < -0.39 is 11.2 Å². The van der Waals surface area contributed by atoms with Gasteiger partial charge in [-0.15, -0.1) is 0 Å². The Morgan fingerprint density at radius 1 is 0.960 bits per heavy atom. The van der Waals surface area contributed by atoms with Crippen LogP contribution in [0.25, 0.3) is 23.1 Å². The summed E-state index contributed by atoms with van der Waals surface area (Å²) in [4.78, 5) is 12.7. The monoisotopic (exact) mass is 340 g/mol. The molecule has 0 amide bonds. The molecule has 1 aromatic heterocycles. The van der Waals surface area contributed by atoms with Crippen molar-refractivity contribution in [1.29, 1.82) is 0 Å². The molecule has 0 aliphatic carbocycles. The summed E-state index contributed by atoms with van der Waals surface area (Å²) < 4.78 is 18.1. The fourth-order valence-electron chi connectivity index (χ4n) is 3.19. The zero-order chi connectivity index (χ0) is 18.0. The zero-order valence-electron chi connectivity index (χ0n) is 14.7. The Labute approximate surface area is 145 Å². The molecule has 0 saturated carbocycles. The Morgan fingerprint density at radius 3 is 2.20 bits per heavy atom. The first-order chi connectivity index (χ1) is 11.7. The average Bonchev–Trinajstić information content (AvgIpc) is 2.52. The van der Waals surface area contributed by atoms with Gasteiger partial charge < -0.3 is 19.0 Å². The molecule has 0 bridgehead atoms. The van der Waals surface area contributed by atoms with Crippen molar-refractivity contribution in [2.24, 2.45) is 0 Å². The van der Waals surface area contributed by atoms with Crippen LogP contribution >= 0.6 is 0 Å². The standard InChI is InChI=1S/C20H20O5/c1-19(2)7-5-12-16(24-19)13-6-8-20(3,4)25-18(13)15-14(22)9-11(10-21)23-17(12)15/h5-9,21H,10H2,1-4H3. The van der Waals surface area contributed by atoms with Crippen LogP contribution in [0.2, 0.25) is 0 Å². The predicted molar refractivity (Wildman–Crippen MR) is 95.9 cm³/mol. The van der Waals surface area contributed by atoms with E-state index in [1.54, 1.807) is 0 Å². The summed E-state index contributed by atoms with van der Waals surface area (Å²) >= 11 is 0. The molecule has 0 unspecified atom stereocenters. The summed E-state index contributed by atoms with van der Waals surface area (Å²) in [7, 11) is 0. The van der Waals surface area contributed by atoms with Crippen LogP contribution in [0.5, 0.6) is 11.5 Å². The highest BCUT2D eigenvalue weighted by Gasteiger charge is 2.34. The quantitative estimate of drug-likeness (QED) is 0.858. The van der Waals surface area contributed by atoms with Gasteiger partial charge in [0.05, 0.1) is 11.1 Å². The molecule has 0 saturated heterocycles. The SMILES string of the molecule is CC1(C)C=Cc2c(c3c(c4c(=O)cc(CO)oc24)OC(C)(C)C=C3)O1. The van der Waals surface area contributed by atoms with Crippen molar-refractivity contribution in [2.75, 3.05) is 0 Å². The summed E-state index contributed by atoms with van der Waals surface area (Å²) in [5.74, 6) is 1.30. The Hall–Kier alpha value is -2.53. The van der Waals surface area contributed by atoms with Gasteiger partial charge in [0.25, 0.3) is 0 Å². The lowest BCUT2D eigenvalue weighted by Gasteiger charge is -2.34. The molecule has 0 fully saturated rings. The zero-order valence-corrected chi connectivity index (χ0v) is 14.7. The number of rotatable bonds is 1. The van der Waals surface area contributed by atoms with Crippen molar-refractivity contribution in [2.45, 2.75) is 45.5 Å². The fraction of sp³-hybridized carbons (Fsp3) is 0.350. The molecule has 1 N–H and O–H groups in total. The maximum absolute atomic E-state index is 12.7. The van der Waals surface area contributed by atoms with Gasteiger partial charge in [-0.3, -0.25) is 4.79 Å². The van der Waals surface area contributed by atoms with Crippen LogP contribution in [0.4, 0.5) is 0 Å². The molecule has 25 heavy (non-hydrogen) atoms. The summed E-state index contributed by atoms with van der Waals surface area (Å²) in [6.45, 7) is 7.42. The van der Waals surface area contributed by atoms with E-state index in [1.807, 2.05) is 52.0 Å². The first kappa shape index (κ1) is 16.0. The predicted octanol–water partition coefficient (Wildman–Crippen LogP) is 3.65. The van der Waals surface area contributed by atoms with E-state index in [2.05, 4.69) is 0 Å². The maximum Gasteiger partial charge on any atom is 0.196 e. The van der Waals surface area contributed by atoms with Crippen molar-refractivity contribution in [3.8, 4) is 11.5 Å². The first-order valence-electron chi connectivity index (χ1n) is 8.25. The van der Waals surface area contributed by atoms with Crippen LogP contribution in [0, 0.1) is 0 Å². The molecule has 0 atom stereocenters. The lowest BCUT2D eigenvalue weighted by Crippen LogP contribution is -2.31. The molecule has 2 aliphatic rings.